The molecule has 1 atom stereocenters. The van der Waals surface area contributed by atoms with Gasteiger partial charge in [0, 0.05) is 4.47 Å². The van der Waals surface area contributed by atoms with Crippen molar-refractivity contribution in [3.05, 3.63) is 55.8 Å². The largest absolute Gasteiger partial charge is 0.466 e. The molecule has 0 saturated carbocycles. The molecular weight excluding hydrogens is 371 g/mol. The van der Waals surface area contributed by atoms with E-state index in [1.807, 2.05) is 24.3 Å². The van der Waals surface area contributed by atoms with Gasteiger partial charge in [0.2, 0.25) is 0 Å². The van der Waals surface area contributed by atoms with Gasteiger partial charge in [-0.1, -0.05) is 17.7 Å². The lowest BCUT2D eigenvalue weighted by Crippen LogP contribution is -2.28. The van der Waals surface area contributed by atoms with Crippen LogP contribution in [0.1, 0.15) is 17.4 Å². The molecule has 3 N–H and O–H groups in total. The molecule has 6 heteroatoms. The summed E-state index contributed by atoms with van der Waals surface area (Å²) in [5.41, 5.74) is 3.64. The minimum absolute atomic E-state index is 0.245. The molecule has 1 heterocycles. The van der Waals surface area contributed by atoms with Crippen LogP contribution in [0.5, 0.6) is 0 Å². The zero-order valence-corrected chi connectivity index (χ0v) is 12.5. The van der Waals surface area contributed by atoms with Gasteiger partial charge in [0.1, 0.15) is 11.8 Å². The molecule has 1 aromatic carbocycles. The van der Waals surface area contributed by atoms with E-state index in [2.05, 4.69) is 37.3 Å². The van der Waals surface area contributed by atoms with Crippen molar-refractivity contribution in [3.8, 4) is 0 Å². The summed E-state index contributed by atoms with van der Waals surface area (Å²) in [5.74, 6) is 6.28. The number of halogens is 3. The van der Waals surface area contributed by atoms with Gasteiger partial charge in [-0.2, -0.15) is 0 Å². The Balaban J connectivity index is 2.42. The molecule has 0 saturated heterocycles. The fraction of sp³-hybridized carbons (Fsp3) is 0.0909. The maximum Gasteiger partial charge on any atom is 0.140 e. The standard InChI is InChI=1S/C11H9Br2ClN2O/c12-7-2-1-6(5-9(7)14)10(16-15)11-8(13)3-4-17-11/h1-5,10,16H,15H2. The summed E-state index contributed by atoms with van der Waals surface area (Å²) in [6.45, 7) is 0. The molecule has 0 aliphatic rings. The highest BCUT2D eigenvalue weighted by Crippen LogP contribution is 2.32. The van der Waals surface area contributed by atoms with Gasteiger partial charge in [-0.05, 0) is 55.6 Å². The second kappa shape index (κ2) is 5.54. The topological polar surface area (TPSA) is 51.2 Å². The lowest BCUT2D eigenvalue weighted by atomic mass is 10.1. The van der Waals surface area contributed by atoms with E-state index in [1.165, 1.54) is 0 Å². The van der Waals surface area contributed by atoms with Crippen molar-refractivity contribution in [3.63, 3.8) is 0 Å². The SMILES string of the molecule is NNC(c1ccc(Br)c(Cl)c1)c1occc1Br. The summed E-state index contributed by atoms with van der Waals surface area (Å²) >= 11 is 12.8. The maximum absolute atomic E-state index is 6.06. The van der Waals surface area contributed by atoms with Gasteiger partial charge >= 0.3 is 0 Å². The van der Waals surface area contributed by atoms with Gasteiger partial charge in [0.05, 0.1) is 15.8 Å². The predicted molar refractivity (Wildman–Crippen MR) is 74.7 cm³/mol. The number of benzene rings is 1. The molecule has 0 amide bonds. The number of furan rings is 1. The van der Waals surface area contributed by atoms with E-state index in [0.717, 1.165) is 14.5 Å². The highest BCUT2D eigenvalue weighted by atomic mass is 79.9. The van der Waals surface area contributed by atoms with Gasteiger partial charge in [-0.3, -0.25) is 5.84 Å². The molecule has 0 bridgehead atoms. The Morgan fingerprint density at radius 1 is 1.24 bits per heavy atom. The lowest BCUT2D eigenvalue weighted by Gasteiger charge is -2.15. The Labute approximate surface area is 121 Å². The monoisotopic (exact) mass is 378 g/mol. The number of hydrazine groups is 1. The van der Waals surface area contributed by atoms with E-state index in [0.29, 0.717) is 10.8 Å². The number of hydrogen-bond acceptors (Lipinski definition) is 3. The van der Waals surface area contributed by atoms with Crippen molar-refractivity contribution in [2.45, 2.75) is 6.04 Å². The Kier molecular flexibility index (Phi) is 4.27. The summed E-state index contributed by atoms with van der Waals surface area (Å²) in [5, 5.41) is 0.630. The van der Waals surface area contributed by atoms with E-state index in [-0.39, 0.29) is 6.04 Å². The van der Waals surface area contributed by atoms with Crippen molar-refractivity contribution >= 4 is 43.5 Å². The second-order valence-corrected chi connectivity index (χ2v) is 5.52. The molecule has 2 rings (SSSR count). The van der Waals surface area contributed by atoms with Crippen LogP contribution in [0.15, 0.2) is 43.9 Å². The van der Waals surface area contributed by atoms with Gasteiger partial charge in [0.15, 0.2) is 0 Å². The molecule has 0 aliphatic carbocycles. The molecule has 0 fully saturated rings. The lowest BCUT2D eigenvalue weighted by molar-refractivity contribution is 0.450. The summed E-state index contributed by atoms with van der Waals surface area (Å²) < 4.78 is 7.10. The molecule has 0 spiro atoms. The quantitative estimate of drug-likeness (QED) is 0.625. The number of hydrogen-bond donors (Lipinski definition) is 2. The molecule has 0 aliphatic heterocycles. The molecule has 3 nitrogen and oxygen atoms in total. The van der Waals surface area contributed by atoms with Crippen LogP contribution >= 0.6 is 43.5 Å². The number of nitrogens with one attached hydrogen (secondary N) is 1. The molecule has 0 radical (unpaired) electrons. The van der Waals surface area contributed by atoms with Crippen molar-refractivity contribution in [1.82, 2.24) is 5.43 Å². The first kappa shape index (κ1) is 13.1. The molecular formula is C11H9Br2ClN2O. The van der Waals surface area contributed by atoms with Crippen LogP contribution in [0.2, 0.25) is 5.02 Å². The van der Waals surface area contributed by atoms with Gasteiger partial charge in [-0.15, -0.1) is 0 Å². The predicted octanol–water partition coefficient (Wildman–Crippen LogP) is 4.01. The molecule has 1 aromatic heterocycles. The third-order valence-electron chi connectivity index (χ3n) is 2.35. The van der Waals surface area contributed by atoms with Crippen LogP contribution in [0, 0.1) is 0 Å². The highest BCUT2D eigenvalue weighted by Gasteiger charge is 2.19. The fourth-order valence-corrected chi connectivity index (χ4v) is 2.39. The van der Waals surface area contributed by atoms with Crippen LogP contribution in [-0.2, 0) is 0 Å². The van der Waals surface area contributed by atoms with Gasteiger partial charge in [-0.25, -0.2) is 5.43 Å². The summed E-state index contributed by atoms with van der Waals surface area (Å²) in [6, 6.07) is 7.21. The van der Waals surface area contributed by atoms with Crippen LogP contribution < -0.4 is 11.3 Å². The van der Waals surface area contributed by atoms with Gasteiger partial charge in [0.25, 0.3) is 0 Å². The first-order valence-electron chi connectivity index (χ1n) is 4.77. The Morgan fingerprint density at radius 3 is 2.53 bits per heavy atom. The van der Waals surface area contributed by atoms with Crippen LogP contribution in [-0.4, -0.2) is 0 Å². The number of nitrogens with two attached hydrogens (primary N) is 1. The van der Waals surface area contributed by atoms with Crippen molar-refractivity contribution < 1.29 is 4.42 Å². The van der Waals surface area contributed by atoms with Crippen molar-refractivity contribution in [1.29, 1.82) is 0 Å². The van der Waals surface area contributed by atoms with E-state index in [1.54, 1.807) is 6.26 Å². The zero-order valence-electron chi connectivity index (χ0n) is 8.58. The van der Waals surface area contributed by atoms with E-state index >= 15 is 0 Å². The molecule has 90 valence electrons. The molecule has 17 heavy (non-hydrogen) atoms. The van der Waals surface area contributed by atoms with Crippen LogP contribution in [0.3, 0.4) is 0 Å². The minimum Gasteiger partial charge on any atom is -0.466 e. The fourth-order valence-electron chi connectivity index (χ4n) is 1.53. The minimum atomic E-state index is -0.245. The Bertz CT molecular complexity index is 530. The number of rotatable bonds is 3. The molecule has 1 unspecified atom stereocenters. The van der Waals surface area contributed by atoms with E-state index in [9.17, 15) is 0 Å². The third-order valence-corrected chi connectivity index (χ3v) is 4.24. The van der Waals surface area contributed by atoms with Crippen molar-refractivity contribution in [2.24, 2.45) is 5.84 Å². The van der Waals surface area contributed by atoms with E-state index < -0.39 is 0 Å². The Hall–Kier alpha value is -0.330. The first-order valence-corrected chi connectivity index (χ1v) is 6.74. The average molecular weight is 380 g/mol. The summed E-state index contributed by atoms with van der Waals surface area (Å²) in [7, 11) is 0. The summed E-state index contributed by atoms with van der Waals surface area (Å²) in [6.07, 6.45) is 1.60. The van der Waals surface area contributed by atoms with Gasteiger partial charge < -0.3 is 4.42 Å². The van der Waals surface area contributed by atoms with E-state index in [4.69, 9.17) is 21.9 Å². The zero-order chi connectivity index (χ0) is 12.4. The smallest absolute Gasteiger partial charge is 0.140 e. The van der Waals surface area contributed by atoms with Crippen LogP contribution in [0.4, 0.5) is 0 Å². The first-order chi connectivity index (χ1) is 8.13. The Morgan fingerprint density at radius 2 is 2.00 bits per heavy atom. The third kappa shape index (κ3) is 2.74. The normalized spacial score (nSPS) is 12.7. The van der Waals surface area contributed by atoms with Crippen molar-refractivity contribution in [2.75, 3.05) is 0 Å². The highest BCUT2D eigenvalue weighted by molar-refractivity contribution is 9.10. The average Bonchev–Trinajstić information content (AvgIpc) is 2.71. The molecule has 2 aromatic rings. The maximum atomic E-state index is 6.06. The van der Waals surface area contributed by atoms with Crippen LogP contribution in [0.25, 0.3) is 0 Å². The second-order valence-electron chi connectivity index (χ2n) is 3.41. The summed E-state index contributed by atoms with van der Waals surface area (Å²) in [4.78, 5) is 0.